The third-order valence-corrected chi connectivity index (χ3v) is 8.26. The number of halogens is 3. The Bertz CT molecular complexity index is 1380. The van der Waals surface area contributed by atoms with Crippen LogP contribution in [0.3, 0.4) is 0 Å². The molecular weight excluding hydrogens is 471 g/mol. The third kappa shape index (κ3) is 3.83. The van der Waals surface area contributed by atoms with Crippen molar-refractivity contribution in [3.8, 4) is 0 Å². The van der Waals surface area contributed by atoms with Crippen LogP contribution in [-0.4, -0.2) is 55.7 Å². The number of anilines is 1. The van der Waals surface area contributed by atoms with Crippen molar-refractivity contribution in [3.05, 3.63) is 60.3 Å². The molecule has 1 amide bonds. The lowest BCUT2D eigenvalue weighted by Crippen LogP contribution is -2.32. The summed E-state index contributed by atoms with van der Waals surface area (Å²) in [5.41, 5.74) is 0.364. The summed E-state index contributed by atoms with van der Waals surface area (Å²) in [5.74, 6) is 0.429. The van der Waals surface area contributed by atoms with Crippen LogP contribution in [0.25, 0.3) is 10.9 Å². The summed E-state index contributed by atoms with van der Waals surface area (Å²) in [5, 5.41) is 9.77. The second kappa shape index (κ2) is 7.86. The zero-order valence-corrected chi connectivity index (χ0v) is 18.6. The number of rotatable bonds is 3. The molecule has 0 aliphatic carbocycles. The van der Waals surface area contributed by atoms with E-state index in [1.807, 2.05) is 6.07 Å². The highest BCUT2D eigenvalue weighted by Crippen LogP contribution is 2.37. The molecule has 0 bridgehead atoms. The largest absolute Gasteiger partial charge is 0.465 e. The topological polar surface area (TPSA) is 90.8 Å². The maximum atomic E-state index is 13.1. The number of sulfone groups is 1. The summed E-state index contributed by atoms with van der Waals surface area (Å²) in [4.78, 5) is 18.5. The first kappa shape index (κ1) is 22.5. The fraction of sp³-hybridized carbons (Fsp3) is 0.304. The molecule has 3 aromatic rings. The minimum absolute atomic E-state index is 0.188. The lowest BCUT2D eigenvalue weighted by Gasteiger charge is -2.23. The van der Waals surface area contributed by atoms with Crippen LogP contribution in [-0.2, 0) is 16.0 Å². The van der Waals surface area contributed by atoms with E-state index in [0.717, 1.165) is 23.9 Å². The first-order chi connectivity index (χ1) is 16.0. The number of hydrogen-bond donors (Lipinski definition) is 1. The Morgan fingerprint density at radius 3 is 2.29 bits per heavy atom. The second-order valence-electron chi connectivity index (χ2n) is 8.66. The SMILES string of the molecule is O=C(O)N1C[C@@H]2CN(c3cccc4cc(S(=O)(=O)c5cccc(C(F)(F)F)c5)cnc34)C[C@@H]2C1. The van der Waals surface area contributed by atoms with Gasteiger partial charge in [-0.2, -0.15) is 13.2 Å². The van der Waals surface area contributed by atoms with Crippen molar-refractivity contribution in [1.29, 1.82) is 0 Å². The van der Waals surface area contributed by atoms with Crippen LogP contribution in [0.2, 0.25) is 0 Å². The van der Waals surface area contributed by atoms with Gasteiger partial charge in [0.15, 0.2) is 0 Å². The van der Waals surface area contributed by atoms with E-state index in [4.69, 9.17) is 0 Å². The molecule has 0 radical (unpaired) electrons. The van der Waals surface area contributed by atoms with Crippen LogP contribution in [0.4, 0.5) is 23.7 Å². The number of benzene rings is 2. The number of para-hydroxylation sites is 1. The van der Waals surface area contributed by atoms with Crippen molar-refractivity contribution in [2.75, 3.05) is 31.1 Å². The van der Waals surface area contributed by atoms with E-state index in [-0.39, 0.29) is 16.7 Å². The molecule has 2 fully saturated rings. The van der Waals surface area contributed by atoms with Gasteiger partial charge in [0.2, 0.25) is 9.84 Å². The minimum atomic E-state index is -4.66. The molecule has 2 aromatic carbocycles. The highest BCUT2D eigenvalue weighted by Gasteiger charge is 2.42. The van der Waals surface area contributed by atoms with Gasteiger partial charge >= 0.3 is 12.3 Å². The van der Waals surface area contributed by atoms with Crippen LogP contribution >= 0.6 is 0 Å². The number of carboxylic acid groups (broad SMARTS) is 1. The molecule has 1 N–H and O–H groups in total. The Hall–Kier alpha value is -3.34. The number of alkyl halides is 3. The van der Waals surface area contributed by atoms with Gasteiger partial charge in [0.05, 0.1) is 26.6 Å². The molecule has 0 spiro atoms. The number of carbonyl (C=O) groups is 1. The van der Waals surface area contributed by atoms with Crippen LogP contribution in [0, 0.1) is 11.8 Å². The minimum Gasteiger partial charge on any atom is -0.465 e. The highest BCUT2D eigenvalue weighted by molar-refractivity contribution is 7.91. The number of pyridine rings is 1. The number of nitrogens with zero attached hydrogens (tertiary/aromatic N) is 3. The molecule has 1 aromatic heterocycles. The molecule has 7 nitrogen and oxygen atoms in total. The maximum Gasteiger partial charge on any atom is 0.416 e. The van der Waals surface area contributed by atoms with Crippen molar-refractivity contribution >= 4 is 32.5 Å². The average Bonchev–Trinajstić information content (AvgIpc) is 3.37. The number of fused-ring (bicyclic) bond motifs is 2. The van der Waals surface area contributed by atoms with Gasteiger partial charge in [-0.1, -0.05) is 18.2 Å². The van der Waals surface area contributed by atoms with Crippen molar-refractivity contribution in [1.82, 2.24) is 9.88 Å². The summed E-state index contributed by atoms with van der Waals surface area (Å²) in [7, 11) is -4.21. The summed E-state index contributed by atoms with van der Waals surface area (Å²) < 4.78 is 65.3. The molecule has 0 saturated carbocycles. The van der Waals surface area contributed by atoms with Gasteiger partial charge < -0.3 is 14.9 Å². The van der Waals surface area contributed by atoms with Gasteiger partial charge in [-0.15, -0.1) is 0 Å². The Morgan fingerprint density at radius 2 is 1.65 bits per heavy atom. The monoisotopic (exact) mass is 491 g/mol. The molecule has 0 unspecified atom stereocenters. The predicted molar refractivity (Wildman–Crippen MR) is 117 cm³/mol. The van der Waals surface area contributed by atoms with Crippen LogP contribution < -0.4 is 4.90 Å². The van der Waals surface area contributed by atoms with Gasteiger partial charge in [-0.25, -0.2) is 13.2 Å². The molecular formula is C23H20F3N3O4S. The molecule has 178 valence electrons. The Morgan fingerprint density at radius 1 is 0.971 bits per heavy atom. The normalized spacial score (nSPS) is 20.7. The molecule has 2 saturated heterocycles. The maximum absolute atomic E-state index is 13.1. The highest BCUT2D eigenvalue weighted by atomic mass is 32.2. The third-order valence-electron chi connectivity index (χ3n) is 6.54. The van der Waals surface area contributed by atoms with Crippen molar-refractivity contribution in [2.24, 2.45) is 11.8 Å². The predicted octanol–water partition coefficient (Wildman–Crippen LogP) is 4.13. The first-order valence-corrected chi connectivity index (χ1v) is 12.1. The quantitative estimate of drug-likeness (QED) is 0.593. The van der Waals surface area contributed by atoms with E-state index >= 15 is 0 Å². The van der Waals surface area contributed by atoms with Crippen LogP contribution in [0.15, 0.2) is 64.5 Å². The molecule has 2 atom stereocenters. The Kier molecular flexibility index (Phi) is 5.19. The van der Waals surface area contributed by atoms with Gasteiger partial charge in [0, 0.05) is 49.6 Å². The van der Waals surface area contributed by atoms with E-state index in [2.05, 4.69) is 9.88 Å². The smallest absolute Gasteiger partial charge is 0.416 e. The van der Waals surface area contributed by atoms with Crippen molar-refractivity contribution < 1.29 is 31.5 Å². The second-order valence-corrected chi connectivity index (χ2v) is 10.6. The van der Waals surface area contributed by atoms with E-state index in [9.17, 15) is 31.5 Å². The van der Waals surface area contributed by atoms with Gasteiger partial charge in [0.1, 0.15) is 0 Å². The molecule has 5 rings (SSSR count). The van der Waals surface area contributed by atoms with Crippen LogP contribution in [0.1, 0.15) is 5.56 Å². The number of aromatic nitrogens is 1. The lowest BCUT2D eigenvalue weighted by molar-refractivity contribution is -0.137. The summed E-state index contributed by atoms with van der Waals surface area (Å²) in [6.07, 6.45) is -4.40. The van der Waals surface area contributed by atoms with Crippen molar-refractivity contribution in [2.45, 2.75) is 16.0 Å². The average molecular weight is 491 g/mol. The number of amides is 1. The first-order valence-electron chi connectivity index (χ1n) is 10.6. The zero-order chi connectivity index (χ0) is 24.3. The van der Waals surface area contributed by atoms with E-state index in [0.29, 0.717) is 43.1 Å². The molecule has 3 heterocycles. The van der Waals surface area contributed by atoms with E-state index in [1.54, 1.807) is 12.1 Å². The molecule has 2 aliphatic rings. The molecule has 2 aliphatic heterocycles. The van der Waals surface area contributed by atoms with Crippen molar-refractivity contribution in [3.63, 3.8) is 0 Å². The van der Waals surface area contributed by atoms with Crippen LogP contribution in [0.5, 0.6) is 0 Å². The summed E-state index contributed by atoms with van der Waals surface area (Å²) in [6.45, 7) is 2.29. The Labute approximate surface area is 193 Å². The fourth-order valence-electron chi connectivity index (χ4n) is 4.85. The van der Waals surface area contributed by atoms with Gasteiger partial charge in [0.25, 0.3) is 0 Å². The Balaban J connectivity index is 1.46. The zero-order valence-electron chi connectivity index (χ0n) is 17.7. The number of hydrogen-bond acceptors (Lipinski definition) is 5. The van der Waals surface area contributed by atoms with E-state index < -0.39 is 32.6 Å². The molecule has 11 heteroatoms. The summed E-state index contributed by atoms with van der Waals surface area (Å²) >= 11 is 0. The molecule has 34 heavy (non-hydrogen) atoms. The standard InChI is InChI=1S/C23H20F3N3O4S/c24-23(25,26)17-4-2-5-18(8-17)34(32,33)19-7-14-3-1-6-20(21(14)27-9-19)28-10-15-12-29(22(30)31)13-16(15)11-28/h1-9,15-16H,10-13H2,(H,30,31)/t15-,16+. The van der Waals surface area contributed by atoms with Gasteiger partial charge in [-0.3, -0.25) is 4.98 Å². The fourth-order valence-corrected chi connectivity index (χ4v) is 6.13. The lowest BCUT2D eigenvalue weighted by atomic mass is 10.0. The number of likely N-dealkylation sites (tertiary alicyclic amines) is 1. The van der Waals surface area contributed by atoms with Gasteiger partial charge in [-0.05, 0) is 30.3 Å². The van der Waals surface area contributed by atoms with E-state index in [1.165, 1.54) is 17.2 Å². The summed E-state index contributed by atoms with van der Waals surface area (Å²) in [6, 6.07) is 10.4.